The van der Waals surface area contributed by atoms with E-state index in [2.05, 4.69) is 16.8 Å². The summed E-state index contributed by atoms with van der Waals surface area (Å²) in [5.74, 6) is 1.27. The van der Waals surface area contributed by atoms with Gasteiger partial charge in [-0.1, -0.05) is 12.1 Å². The van der Waals surface area contributed by atoms with Gasteiger partial charge in [0.2, 0.25) is 0 Å². The molecule has 2 aliphatic heterocycles. The summed E-state index contributed by atoms with van der Waals surface area (Å²) in [5, 5.41) is 0. The molecule has 2 aliphatic rings. The highest BCUT2D eigenvalue weighted by Crippen LogP contribution is 2.29. The predicted octanol–water partition coefficient (Wildman–Crippen LogP) is 3.18. The average Bonchev–Trinajstić information content (AvgIpc) is 3.09. The lowest BCUT2D eigenvalue weighted by atomic mass is 10.1. The maximum Gasteiger partial charge on any atom is 0.257 e. The number of para-hydroxylation sites is 1. The minimum Gasteiger partial charge on any atom is -0.455 e. The molecule has 130 valence electrons. The quantitative estimate of drug-likeness (QED) is 0.863. The highest BCUT2D eigenvalue weighted by molar-refractivity contribution is 5.97. The molecule has 25 heavy (non-hydrogen) atoms. The van der Waals surface area contributed by atoms with E-state index < -0.39 is 0 Å². The van der Waals surface area contributed by atoms with Crippen molar-refractivity contribution in [3.05, 3.63) is 54.4 Å². The predicted molar refractivity (Wildman–Crippen MR) is 95.8 cm³/mol. The summed E-state index contributed by atoms with van der Waals surface area (Å²) < 4.78 is 5.92. The third kappa shape index (κ3) is 3.24. The van der Waals surface area contributed by atoms with E-state index in [0.717, 1.165) is 19.6 Å². The number of pyridine rings is 1. The molecule has 1 amide bonds. The van der Waals surface area contributed by atoms with Crippen molar-refractivity contribution in [2.24, 2.45) is 0 Å². The zero-order chi connectivity index (χ0) is 17.2. The molecule has 4 rings (SSSR count). The van der Waals surface area contributed by atoms with Crippen LogP contribution in [0.25, 0.3) is 0 Å². The van der Waals surface area contributed by atoms with Crippen molar-refractivity contribution < 1.29 is 9.53 Å². The Balaban J connectivity index is 1.58. The van der Waals surface area contributed by atoms with E-state index in [9.17, 15) is 4.79 Å². The first-order valence-corrected chi connectivity index (χ1v) is 8.94. The van der Waals surface area contributed by atoms with Gasteiger partial charge in [0, 0.05) is 31.4 Å². The number of hydrogen-bond donors (Lipinski definition) is 0. The van der Waals surface area contributed by atoms with Crippen LogP contribution in [0.3, 0.4) is 0 Å². The van der Waals surface area contributed by atoms with E-state index in [4.69, 9.17) is 4.74 Å². The fourth-order valence-corrected chi connectivity index (χ4v) is 3.89. The number of benzene rings is 1. The van der Waals surface area contributed by atoms with Gasteiger partial charge in [-0.2, -0.15) is 0 Å². The molecule has 2 saturated heterocycles. The van der Waals surface area contributed by atoms with Gasteiger partial charge in [0.25, 0.3) is 5.91 Å². The Morgan fingerprint density at radius 2 is 2.08 bits per heavy atom. The fourth-order valence-electron chi connectivity index (χ4n) is 3.89. The Kier molecular flexibility index (Phi) is 4.40. The second kappa shape index (κ2) is 6.84. The van der Waals surface area contributed by atoms with Gasteiger partial charge >= 0.3 is 0 Å². The molecule has 2 atom stereocenters. The lowest BCUT2D eigenvalue weighted by molar-refractivity contribution is 0.0393. The highest BCUT2D eigenvalue weighted by Gasteiger charge is 2.37. The van der Waals surface area contributed by atoms with Crippen molar-refractivity contribution in [3.8, 4) is 11.5 Å². The second-order valence-electron chi connectivity index (χ2n) is 6.88. The summed E-state index contributed by atoms with van der Waals surface area (Å²) in [7, 11) is 0. The molecule has 5 heteroatoms. The van der Waals surface area contributed by atoms with Crippen molar-refractivity contribution >= 4 is 5.91 Å². The van der Waals surface area contributed by atoms with E-state index in [1.165, 1.54) is 12.8 Å². The maximum atomic E-state index is 13.2. The van der Waals surface area contributed by atoms with Crippen LogP contribution in [0.15, 0.2) is 48.8 Å². The van der Waals surface area contributed by atoms with Crippen molar-refractivity contribution in [3.63, 3.8) is 0 Å². The SMILES string of the molecule is C[C@@H]1CN2CCC[C@@H]2CN1C(=O)c1ccccc1Oc1cccnc1. The number of fused-ring (bicyclic) bond motifs is 1. The lowest BCUT2D eigenvalue weighted by Crippen LogP contribution is -2.56. The molecule has 0 N–H and O–H groups in total. The van der Waals surface area contributed by atoms with Crippen LogP contribution < -0.4 is 4.74 Å². The van der Waals surface area contributed by atoms with Crippen molar-refractivity contribution in [2.45, 2.75) is 31.8 Å². The number of ether oxygens (including phenoxy) is 1. The van der Waals surface area contributed by atoms with Crippen LogP contribution in [-0.2, 0) is 0 Å². The van der Waals surface area contributed by atoms with Crippen molar-refractivity contribution in [1.29, 1.82) is 0 Å². The maximum absolute atomic E-state index is 13.2. The van der Waals surface area contributed by atoms with Gasteiger partial charge < -0.3 is 9.64 Å². The van der Waals surface area contributed by atoms with E-state index in [1.807, 2.05) is 41.3 Å². The van der Waals surface area contributed by atoms with Gasteiger partial charge in [-0.25, -0.2) is 0 Å². The van der Waals surface area contributed by atoms with Gasteiger partial charge in [0.05, 0.1) is 11.8 Å². The zero-order valence-electron chi connectivity index (χ0n) is 14.5. The molecule has 5 nitrogen and oxygen atoms in total. The molecular formula is C20H23N3O2. The number of piperazine rings is 1. The summed E-state index contributed by atoms with van der Waals surface area (Å²) in [6.07, 6.45) is 5.78. The summed E-state index contributed by atoms with van der Waals surface area (Å²) in [6.45, 7) is 5.07. The summed E-state index contributed by atoms with van der Waals surface area (Å²) in [6, 6.07) is 11.9. The van der Waals surface area contributed by atoms with Crippen LogP contribution in [0, 0.1) is 0 Å². The third-order valence-corrected chi connectivity index (χ3v) is 5.18. The van der Waals surface area contributed by atoms with Crippen LogP contribution in [-0.4, -0.2) is 52.4 Å². The topological polar surface area (TPSA) is 45.7 Å². The van der Waals surface area contributed by atoms with Crippen molar-refractivity contribution in [1.82, 2.24) is 14.8 Å². The Labute approximate surface area is 148 Å². The molecule has 0 saturated carbocycles. The fraction of sp³-hybridized carbons (Fsp3) is 0.400. The number of nitrogens with zero attached hydrogens (tertiary/aromatic N) is 3. The zero-order valence-corrected chi connectivity index (χ0v) is 14.5. The molecule has 1 aromatic carbocycles. The van der Waals surface area contributed by atoms with Crippen LogP contribution in [0.5, 0.6) is 11.5 Å². The first-order chi connectivity index (χ1) is 12.2. The smallest absolute Gasteiger partial charge is 0.257 e. The average molecular weight is 337 g/mol. The Morgan fingerprint density at radius 1 is 1.20 bits per heavy atom. The van der Waals surface area contributed by atoms with Gasteiger partial charge in [-0.05, 0) is 50.6 Å². The van der Waals surface area contributed by atoms with Gasteiger partial charge in [-0.3, -0.25) is 14.7 Å². The van der Waals surface area contributed by atoms with Gasteiger partial charge in [0.15, 0.2) is 0 Å². The van der Waals surface area contributed by atoms with E-state index >= 15 is 0 Å². The molecular weight excluding hydrogens is 314 g/mol. The first kappa shape index (κ1) is 16.1. The van der Waals surface area contributed by atoms with Crippen LogP contribution >= 0.6 is 0 Å². The number of aromatic nitrogens is 1. The minimum absolute atomic E-state index is 0.0542. The summed E-state index contributed by atoms with van der Waals surface area (Å²) in [5.41, 5.74) is 0.615. The first-order valence-electron chi connectivity index (χ1n) is 8.94. The number of carbonyl (C=O) groups excluding carboxylic acids is 1. The number of hydrogen-bond acceptors (Lipinski definition) is 4. The largest absolute Gasteiger partial charge is 0.455 e. The molecule has 2 aromatic rings. The molecule has 2 fully saturated rings. The molecule has 3 heterocycles. The standard InChI is InChI=1S/C20H23N3O2/c1-15-13-22-11-5-6-16(22)14-23(15)20(24)18-8-2-3-9-19(18)25-17-7-4-10-21-12-17/h2-4,7-10,12,15-16H,5-6,11,13-14H2,1H3/t15-,16-/m1/s1. The van der Waals surface area contributed by atoms with Crippen LogP contribution in [0.4, 0.5) is 0 Å². The third-order valence-electron chi connectivity index (χ3n) is 5.18. The molecule has 0 unspecified atom stereocenters. The molecule has 0 spiro atoms. The monoisotopic (exact) mass is 337 g/mol. The van der Waals surface area contributed by atoms with Crippen LogP contribution in [0.1, 0.15) is 30.1 Å². The second-order valence-corrected chi connectivity index (χ2v) is 6.88. The Hall–Kier alpha value is -2.40. The van der Waals surface area contributed by atoms with Gasteiger partial charge in [0.1, 0.15) is 11.5 Å². The number of carbonyl (C=O) groups is 1. The Morgan fingerprint density at radius 3 is 2.92 bits per heavy atom. The summed E-state index contributed by atoms with van der Waals surface area (Å²) >= 11 is 0. The molecule has 0 bridgehead atoms. The highest BCUT2D eigenvalue weighted by atomic mass is 16.5. The molecule has 0 aliphatic carbocycles. The normalized spacial score (nSPS) is 23.3. The lowest BCUT2D eigenvalue weighted by Gasteiger charge is -2.42. The molecule has 0 radical (unpaired) electrons. The van der Waals surface area contributed by atoms with Crippen LogP contribution in [0.2, 0.25) is 0 Å². The minimum atomic E-state index is 0.0542. The van der Waals surface area contributed by atoms with E-state index in [1.54, 1.807) is 12.4 Å². The van der Waals surface area contributed by atoms with E-state index in [-0.39, 0.29) is 11.9 Å². The van der Waals surface area contributed by atoms with E-state index in [0.29, 0.717) is 23.1 Å². The number of rotatable bonds is 3. The number of amides is 1. The summed E-state index contributed by atoms with van der Waals surface area (Å²) in [4.78, 5) is 21.8. The molecule has 1 aromatic heterocycles. The Bertz CT molecular complexity index is 750. The van der Waals surface area contributed by atoms with Crippen molar-refractivity contribution in [2.75, 3.05) is 19.6 Å². The van der Waals surface area contributed by atoms with Gasteiger partial charge in [-0.15, -0.1) is 0 Å².